The van der Waals surface area contributed by atoms with Crippen molar-refractivity contribution >= 4 is 129 Å². The fourth-order valence-corrected chi connectivity index (χ4v) is 13.9. The van der Waals surface area contributed by atoms with Gasteiger partial charge in [0.05, 0.1) is 12.7 Å². The summed E-state index contributed by atoms with van der Waals surface area (Å²) >= 11 is 0. The molecule has 0 spiro atoms. The fraction of sp³-hybridized carbons (Fsp3) is 0.296. The first-order valence-electron chi connectivity index (χ1n) is 27.2. The number of nitrogens with zero attached hydrogens (tertiary/aromatic N) is 3. The van der Waals surface area contributed by atoms with Crippen molar-refractivity contribution in [2.75, 3.05) is 0 Å². The van der Waals surface area contributed by atoms with Crippen molar-refractivity contribution in [3.63, 3.8) is 0 Å². The van der Waals surface area contributed by atoms with Gasteiger partial charge in [0.15, 0.2) is 0 Å². The van der Waals surface area contributed by atoms with E-state index in [0.29, 0.717) is 6.54 Å². The van der Waals surface area contributed by atoms with Crippen LogP contribution in [0.15, 0.2) is 109 Å². The highest BCUT2D eigenvalue weighted by Crippen LogP contribution is 2.62. The Hall–Kier alpha value is -7.10. The topological polar surface area (TPSA) is 30.7 Å². The molecule has 0 aliphatic carbocycles. The third kappa shape index (κ3) is 5.69. The molecule has 14 aromatic carbocycles. The molecule has 0 aliphatic rings. The Labute approximate surface area is 433 Å². The van der Waals surface area contributed by atoms with Crippen molar-refractivity contribution in [2.45, 2.75) is 137 Å². The highest BCUT2D eigenvalue weighted by molar-refractivity contribution is 6.61. The molecule has 15 rings (SSSR count). The van der Waals surface area contributed by atoms with Crippen molar-refractivity contribution in [1.82, 2.24) is 15.0 Å². The van der Waals surface area contributed by atoms with E-state index in [1.54, 1.807) is 0 Å². The Morgan fingerprint density at radius 1 is 0.311 bits per heavy atom. The number of benzene rings is 14. The lowest BCUT2D eigenvalue weighted by atomic mass is 9.70. The summed E-state index contributed by atoms with van der Waals surface area (Å²) in [4.78, 5) is 0. The molecule has 0 N–H and O–H groups in total. The minimum Gasteiger partial charge on any atom is -0.247 e. The molecule has 74 heavy (non-hydrogen) atoms. The Morgan fingerprint density at radius 2 is 0.554 bits per heavy atom. The minimum atomic E-state index is -0.105. The summed E-state index contributed by atoms with van der Waals surface area (Å²) < 4.78 is 2.00. The average Bonchev–Trinajstić information content (AvgIpc) is 3.82. The van der Waals surface area contributed by atoms with Gasteiger partial charge in [-0.15, -0.1) is 5.10 Å². The second-order valence-corrected chi connectivity index (χ2v) is 28.0. The molecular weight excluding hydrogens is 895 g/mol. The zero-order chi connectivity index (χ0) is 51.4. The molecule has 364 valence electrons. The number of hydrogen-bond acceptors (Lipinski definition) is 2. The van der Waals surface area contributed by atoms with Crippen molar-refractivity contribution < 1.29 is 0 Å². The molecule has 0 aliphatic heterocycles. The van der Waals surface area contributed by atoms with Crippen LogP contribution in [-0.2, 0) is 33.6 Å². The Bertz CT molecular complexity index is 4580. The Balaban J connectivity index is 1.29. The predicted octanol–water partition coefficient (Wildman–Crippen LogP) is 19.9. The van der Waals surface area contributed by atoms with Crippen LogP contribution in [0.4, 0.5) is 0 Å². The number of aromatic nitrogens is 3. The Kier molecular flexibility index (Phi) is 8.15. The fourth-order valence-electron chi connectivity index (χ4n) is 13.9. The van der Waals surface area contributed by atoms with Gasteiger partial charge in [-0.05, 0) is 263 Å². The van der Waals surface area contributed by atoms with Crippen LogP contribution in [0.25, 0.3) is 141 Å². The summed E-state index contributed by atoms with van der Waals surface area (Å²) in [6.45, 7) is 36.6. The first-order chi connectivity index (χ1) is 34.8. The molecule has 1 aromatic heterocycles. The quantitative estimate of drug-likeness (QED) is 0.130. The summed E-state index contributed by atoms with van der Waals surface area (Å²) in [5.74, 6) is 0. The summed E-state index contributed by atoms with van der Waals surface area (Å²) in [6.07, 6.45) is 2.16. The number of rotatable bonds is 3. The highest BCUT2D eigenvalue weighted by Gasteiger charge is 2.35. The maximum absolute atomic E-state index is 4.99. The van der Waals surface area contributed by atoms with E-state index in [2.05, 4.69) is 213 Å². The lowest BCUT2D eigenvalue weighted by Crippen LogP contribution is -2.14. The van der Waals surface area contributed by atoms with E-state index >= 15 is 0 Å². The van der Waals surface area contributed by atoms with Gasteiger partial charge in [0.1, 0.15) is 5.69 Å². The summed E-state index contributed by atoms with van der Waals surface area (Å²) in [6, 6.07) is 41.6. The molecule has 3 nitrogen and oxygen atoms in total. The largest absolute Gasteiger partial charge is 0.247 e. The molecule has 0 saturated carbocycles. The predicted molar refractivity (Wildman–Crippen MR) is 322 cm³/mol. The van der Waals surface area contributed by atoms with Crippen molar-refractivity contribution in [3.05, 3.63) is 143 Å². The Morgan fingerprint density at radius 3 is 0.797 bits per heavy atom. The third-order valence-corrected chi connectivity index (χ3v) is 17.9. The monoisotopic (exact) mass is 960 g/mol. The van der Waals surface area contributed by atoms with Gasteiger partial charge in [-0.25, -0.2) is 4.68 Å². The van der Waals surface area contributed by atoms with Gasteiger partial charge < -0.3 is 0 Å². The van der Waals surface area contributed by atoms with Crippen LogP contribution in [0.2, 0.25) is 0 Å². The van der Waals surface area contributed by atoms with Gasteiger partial charge in [-0.1, -0.05) is 139 Å². The van der Waals surface area contributed by atoms with E-state index in [9.17, 15) is 0 Å². The first kappa shape index (κ1) is 44.4. The van der Waals surface area contributed by atoms with Gasteiger partial charge in [-0.2, -0.15) is 0 Å². The average molecular weight is 960 g/mol. The molecule has 1 heterocycles. The number of hydrogen-bond donors (Lipinski definition) is 0. The van der Waals surface area contributed by atoms with Crippen LogP contribution < -0.4 is 0 Å². The van der Waals surface area contributed by atoms with Gasteiger partial charge in [0.2, 0.25) is 0 Å². The smallest absolute Gasteiger partial charge is 0.113 e. The van der Waals surface area contributed by atoms with Crippen molar-refractivity contribution in [3.8, 4) is 11.3 Å². The molecular formula is C71H65N3. The zero-order valence-corrected chi connectivity index (χ0v) is 45.9. The molecule has 0 amide bonds. The zero-order valence-electron chi connectivity index (χ0n) is 45.9. The van der Waals surface area contributed by atoms with E-state index in [1.165, 1.54) is 163 Å². The molecule has 0 fully saturated rings. The minimum absolute atomic E-state index is 0.0708. The second kappa shape index (κ2) is 13.6. The van der Waals surface area contributed by atoms with Crippen LogP contribution in [-0.4, -0.2) is 15.0 Å². The van der Waals surface area contributed by atoms with E-state index in [4.69, 9.17) is 10.3 Å². The lowest BCUT2D eigenvalue weighted by molar-refractivity contribution is 0.591. The first-order valence-corrected chi connectivity index (χ1v) is 27.2. The van der Waals surface area contributed by atoms with Crippen molar-refractivity contribution in [1.29, 1.82) is 0 Å². The van der Waals surface area contributed by atoms with Gasteiger partial charge in [0.25, 0.3) is 0 Å². The normalized spacial score (nSPS) is 14.2. The van der Waals surface area contributed by atoms with E-state index in [0.717, 1.165) is 11.3 Å². The maximum atomic E-state index is 4.99. The van der Waals surface area contributed by atoms with E-state index in [1.807, 2.05) is 4.68 Å². The third-order valence-electron chi connectivity index (χ3n) is 17.9. The number of fused-ring (bicyclic) bond motifs is 6. The van der Waals surface area contributed by atoms with Gasteiger partial charge >= 0.3 is 0 Å². The molecule has 0 bridgehead atoms. The van der Waals surface area contributed by atoms with Gasteiger partial charge in [-0.3, -0.25) is 0 Å². The molecule has 0 atom stereocenters. The standard InChI is InChI=1S/C71H65N3/c1-67(2,3)37-23-44-42-21-36(54-34-74(73-72-54)33-35-19-17-16-18-20-35)22-43-45-24-38(68(4,5)6)26-47-49-28-40(70(10,11)12)30-51-53-32-41(71(13,14)15)31-52-50-29-39(69(7,8)9)27-48-46(25-37)56(44)62-61(55(42)43)63(57(45)47)65(59(49)51)66(60(52)53)64(62)58(48)50/h16-32,34H,33H2,1-15H3. The van der Waals surface area contributed by atoms with Crippen LogP contribution in [0.3, 0.4) is 0 Å². The van der Waals surface area contributed by atoms with Crippen LogP contribution in [0.5, 0.6) is 0 Å². The molecule has 0 unspecified atom stereocenters. The van der Waals surface area contributed by atoms with Crippen LogP contribution in [0, 0.1) is 0 Å². The van der Waals surface area contributed by atoms with E-state index < -0.39 is 0 Å². The van der Waals surface area contributed by atoms with Crippen LogP contribution >= 0.6 is 0 Å². The summed E-state index contributed by atoms with van der Waals surface area (Å²) in [7, 11) is 0. The molecule has 0 radical (unpaired) electrons. The maximum Gasteiger partial charge on any atom is 0.113 e. The summed E-state index contributed by atoms with van der Waals surface area (Å²) in [5.41, 5.74) is 9.61. The second-order valence-electron chi connectivity index (χ2n) is 28.0. The molecule has 15 aromatic rings. The molecule has 3 heteroatoms. The van der Waals surface area contributed by atoms with Crippen LogP contribution in [0.1, 0.15) is 137 Å². The SMILES string of the molecule is CC(C)(C)c1cc2c3cc(-c4cn(Cc5ccccc5)nn4)cc4c5cc(C(C)(C)C)cc6c7cc(C(C)(C)C)cc8c9cc(C(C)(C)C)cc%10c%11cc(C(C)(C)C)cc%12c(c1)c2c1c(c34)c(c56)c(c78)c(c%109)c1c%12%11. The highest BCUT2D eigenvalue weighted by atomic mass is 15.4. The molecule has 0 saturated heterocycles. The van der Waals surface area contributed by atoms with Crippen molar-refractivity contribution in [2.24, 2.45) is 0 Å². The lowest BCUT2D eigenvalue weighted by Gasteiger charge is -2.33. The van der Waals surface area contributed by atoms with E-state index in [-0.39, 0.29) is 27.1 Å². The summed E-state index contributed by atoms with van der Waals surface area (Å²) in [5, 5.41) is 43.1. The van der Waals surface area contributed by atoms with Gasteiger partial charge in [0, 0.05) is 5.56 Å².